The summed E-state index contributed by atoms with van der Waals surface area (Å²) in [5.41, 5.74) is 0. The van der Waals surface area contributed by atoms with E-state index in [0.717, 1.165) is 11.3 Å². The highest BCUT2D eigenvalue weighted by Crippen LogP contribution is 2.20. The molecule has 2 fully saturated rings. The molecule has 2 saturated heterocycles. The Bertz CT molecular complexity index is 330. The van der Waals surface area contributed by atoms with Gasteiger partial charge in [0.1, 0.15) is 0 Å². The summed E-state index contributed by atoms with van der Waals surface area (Å²) in [6, 6.07) is -0.000442. The normalized spacial score (nSPS) is 22.3. The zero-order chi connectivity index (χ0) is 13.1. The molecule has 2 amide bonds. The molecule has 0 N–H and O–H groups in total. The minimum atomic E-state index is -2.94. The lowest BCUT2D eigenvalue weighted by Gasteiger charge is -2.39. The highest BCUT2D eigenvalue weighted by atomic mass is 19.3. The molecule has 2 heterocycles. The van der Waals surface area contributed by atoms with Gasteiger partial charge in [0.2, 0.25) is 0 Å². The van der Waals surface area contributed by atoms with Gasteiger partial charge in [-0.15, -0.1) is 0 Å². The maximum absolute atomic E-state index is 12.3. The highest BCUT2D eigenvalue weighted by Gasteiger charge is 2.33. The summed E-state index contributed by atoms with van der Waals surface area (Å²) in [4.78, 5) is 25.4. The van der Waals surface area contributed by atoms with E-state index in [1.165, 1.54) is 0 Å². The van der Waals surface area contributed by atoms with Crippen LogP contribution in [0.1, 0.15) is 19.3 Å². The number of cyclic esters (lactones) is 1. The molecular weight excluding hydrogens is 246 g/mol. The minimum Gasteiger partial charge on any atom is -0.449 e. The van der Waals surface area contributed by atoms with Crippen LogP contribution in [-0.4, -0.2) is 60.5 Å². The first kappa shape index (κ1) is 13.0. The third kappa shape index (κ3) is 2.70. The van der Waals surface area contributed by atoms with Crippen molar-refractivity contribution in [3.8, 4) is 0 Å². The lowest BCUT2D eigenvalue weighted by atomic mass is 10.0. The van der Waals surface area contributed by atoms with E-state index in [2.05, 4.69) is 0 Å². The maximum Gasteiger partial charge on any atom is 0.410 e. The van der Waals surface area contributed by atoms with Crippen LogP contribution in [-0.2, 0) is 9.53 Å². The largest absolute Gasteiger partial charge is 0.449 e. The number of likely N-dealkylation sites (tertiary alicyclic amines) is 1. The Hall–Kier alpha value is -1.40. The molecule has 0 aliphatic carbocycles. The van der Waals surface area contributed by atoms with Crippen molar-refractivity contribution in [3.63, 3.8) is 0 Å². The van der Waals surface area contributed by atoms with Crippen LogP contribution >= 0.6 is 0 Å². The molecule has 0 bridgehead atoms. The van der Waals surface area contributed by atoms with E-state index < -0.39 is 12.3 Å². The van der Waals surface area contributed by atoms with Crippen LogP contribution in [0.4, 0.5) is 13.6 Å². The van der Waals surface area contributed by atoms with Crippen LogP contribution in [0.5, 0.6) is 0 Å². The second kappa shape index (κ2) is 5.49. The van der Waals surface area contributed by atoms with Crippen LogP contribution in [0.15, 0.2) is 0 Å². The van der Waals surface area contributed by atoms with Gasteiger partial charge in [-0.3, -0.25) is 4.79 Å². The zero-order valence-corrected chi connectivity index (χ0v) is 9.98. The quantitative estimate of drug-likeness (QED) is 0.748. The minimum absolute atomic E-state index is 0.000442. The zero-order valence-electron chi connectivity index (χ0n) is 9.98. The Morgan fingerprint density at radius 1 is 1.28 bits per heavy atom. The molecule has 102 valence electrons. The molecule has 0 spiro atoms. The van der Waals surface area contributed by atoms with Crippen LogP contribution < -0.4 is 0 Å². The molecule has 2 aliphatic heterocycles. The Kier molecular flexibility index (Phi) is 3.98. The van der Waals surface area contributed by atoms with Crippen molar-refractivity contribution in [2.75, 3.05) is 26.2 Å². The molecule has 0 radical (unpaired) electrons. The third-order valence-electron chi connectivity index (χ3n) is 3.41. The molecule has 2 aliphatic rings. The van der Waals surface area contributed by atoms with Crippen molar-refractivity contribution in [1.82, 2.24) is 9.80 Å². The summed E-state index contributed by atoms with van der Waals surface area (Å²) >= 11 is 0. The van der Waals surface area contributed by atoms with Crippen molar-refractivity contribution in [2.45, 2.75) is 31.7 Å². The van der Waals surface area contributed by atoms with Crippen LogP contribution in [0, 0.1) is 0 Å². The van der Waals surface area contributed by atoms with Gasteiger partial charge in [-0.05, 0) is 19.3 Å². The average Bonchev–Trinajstić information content (AvgIpc) is 2.38. The molecule has 0 unspecified atom stereocenters. The SMILES string of the molecule is O=C(C(F)F)N1CCC(N2CCCOC2=O)CC1. The van der Waals surface area contributed by atoms with Crippen molar-refractivity contribution in [3.05, 3.63) is 0 Å². The number of alkyl halides is 2. The molecule has 5 nitrogen and oxygen atoms in total. The van der Waals surface area contributed by atoms with E-state index in [9.17, 15) is 18.4 Å². The van der Waals surface area contributed by atoms with Gasteiger partial charge in [0.15, 0.2) is 0 Å². The van der Waals surface area contributed by atoms with Crippen molar-refractivity contribution < 1.29 is 23.1 Å². The van der Waals surface area contributed by atoms with Crippen molar-refractivity contribution in [1.29, 1.82) is 0 Å². The Morgan fingerprint density at radius 3 is 2.50 bits per heavy atom. The molecule has 0 aromatic rings. The van der Waals surface area contributed by atoms with E-state index in [1.54, 1.807) is 4.90 Å². The lowest BCUT2D eigenvalue weighted by Crippen LogP contribution is -2.51. The standard InChI is InChI=1S/C11H16F2N2O3/c12-9(13)10(16)14-5-2-8(3-6-14)15-4-1-7-18-11(15)17/h8-9H,1-7H2. The highest BCUT2D eigenvalue weighted by molar-refractivity contribution is 5.79. The number of ether oxygens (including phenoxy) is 1. The third-order valence-corrected chi connectivity index (χ3v) is 3.41. The van der Waals surface area contributed by atoms with Crippen LogP contribution in [0.2, 0.25) is 0 Å². The van der Waals surface area contributed by atoms with Crippen LogP contribution in [0.3, 0.4) is 0 Å². The monoisotopic (exact) mass is 262 g/mol. The lowest BCUT2D eigenvalue weighted by molar-refractivity contribution is -0.144. The predicted molar refractivity (Wildman–Crippen MR) is 58.3 cm³/mol. The van der Waals surface area contributed by atoms with Gasteiger partial charge in [-0.25, -0.2) is 4.79 Å². The summed E-state index contributed by atoms with van der Waals surface area (Å²) in [5.74, 6) is -1.12. The number of hydrogen-bond acceptors (Lipinski definition) is 3. The fraction of sp³-hybridized carbons (Fsp3) is 0.818. The van der Waals surface area contributed by atoms with Gasteiger partial charge < -0.3 is 14.5 Å². The summed E-state index contributed by atoms with van der Waals surface area (Å²) in [5, 5.41) is 0. The van der Waals surface area contributed by atoms with Gasteiger partial charge in [0.25, 0.3) is 5.91 Å². The van der Waals surface area contributed by atoms with Crippen molar-refractivity contribution >= 4 is 12.0 Å². The van der Waals surface area contributed by atoms with Crippen LogP contribution in [0.25, 0.3) is 0 Å². The summed E-state index contributed by atoms with van der Waals surface area (Å²) < 4.78 is 29.4. The summed E-state index contributed by atoms with van der Waals surface area (Å²) in [6.45, 7) is 1.64. The first-order valence-electron chi connectivity index (χ1n) is 6.10. The Balaban J connectivity index is 1.86. The average molecular weight is 262 g/mol. The number of carbonyl (C=O) groups is 2. The topological polar surface area (TPSA) is 49.9 Å². The van der Waals surface area contributed by atoms with E-state index in [0.29, 0.717) is 26.0 Å². The molecule has 7 heteroatoms. The van der Waals surface area contributed by atoms with Gasteiger partial charge in [-0.1, -0.05) is 0 Å². The first-order valence-corrected chi connectivity index (χ1v) is 6.10. The van der Waals surface area contributed by atoms with Gasteiger partial charge in [-0.2, -0.15) is 8.78 Å². The number of halogens is 2. The van der Waals surface area contributed by atoms with Gasteiger partial charge in [0, 0.05) is 25.7 Å². The molecule has 0 aromatic heterocycles. The van der Waals surface area contributed by atoms with Gasteiger partial charge in [0.05, 0.1) is 6.61 Å². The first-order chi connectivity index (χ1) is 8.59. The number of rotatable bonds is 2. The molecular formula is C11H16F2N2O3. The van der Waals surface area contributed by atoms with E-state index in [-0.39, 0.29) is 25.2 Å². The molecule has 2 rings (SSSR count). The maximum atomic E-state index is 12.3. The van der Waals surface area contributed by atoms with Crippen molar-refractivity contribution in [2.24, 2.45) is 0 Å². The Morgan fingerprint density at radius 2 is 1.94 bits per heavy atom. The molecule has 0 aromatic carbocycles. The molecule has 0 saturated carbocycles. The number of amides is 2. The molecule has 18 heavy (non-hydrogen) atoms. The fourth-order valence-electron chi connectivity index (χ4n) is 2.44. The van der Waals surface area contributed by atoms with E-state index in [4.69, 9.17) is 4.74 Å². The number of nitrogens with zero attached hydrogens (tertiary/aromatic N) is 2. The fourth-order valence-corrected chi connectivity index (χ4v) is 2.44. The summed E-state index contributed by atoms with van der Waals surface area (Å²) in [6.07, 6.45) is -1.41. The smallest absolute Gasteiger partial charge is 0.410 e. The van der Waals surface area contributed by atoms with Gasteiger partial charge >= 0.3 is 12.5 Å². The Labute approximate surface area is 104 Å². The predicted octanol–water partition coefficient (Wildman–Crippen LogP) is 1.08. The second-order valence-corrected chi connectivity index (χ2v) is 4.52. The summed E-state index contributed by atoms with van der Waals surface area (Å²) in [7, 11) is 0. The second-order valence-electron chi connectivity index (χ2n) is 4.52. The number of carbonyl (C=O) groups excluding carboxylic acids is 2. The number of piperidine rings is 1. The van der Waals surface area contributed by atoms with E-state index >= 15 is 0 Å². The molecule has 0 atom stereocenters. The van der Waals surface area contributed by atoms with E-state index in [1.807, 2.05) is 0 Å². The number of hydrogen-bond donors (Lipinski definition) is 0.